The molecule has 0 spiro atoms. The molecule has 0 heterocycles. The molecular formula is H3EuO3-. The maximum Gasteiger partial charge on any atom is 2.00 e. The molecule has 0 saturated heterocycles. The summed E-state index contributed by atoms with van der Waals surface area (Å²) in [5.41, 5.74) is 0. The fourth-order valence-electron chi connectivity index (χ4n) is 0. The fraction of sp³-hybridized carbons (Fsp3) is 0. The summed E-state index contributed by atoms with van der Waals surface area (Å²) < 4.78 is 0. The normalized spacial score (nSPS) is 0. The topological polar surface area (TPSA) is 90.0 Å². The van der Waals surface area contributed by atoms with Crippen LogP contribution in [0.15, 0.2) is 0 Å². The molecule has 1 radical (unpaired) electrons. The third-order valence-corrected chi connectivity index (χ3v) is 0. The Morgan fingerprint density at radius 2 is 0.500 bits per heavy atom. The van der Waals surface area contributed by atoms with E-state index in [1.165, 1.54) is 0 Å². The average molecular weight is 203 g/mol. The van der Waals surface area contributed by atoms with Gasteiger partial charge in [0.2, 0.25) is 0 Å². The minimum Gasteiger partial charge on any atom is -0.870 e. The van der Waals surface area contributed by atoms with Gasteiger partial charge in [-0.15, -0.1) is 0 Å². The Kier molecular flexibility index (Phi) is 317. The summed E-state index contributed by atoms with van der Waals surface area (Å²) in [5, 5.41) is 0. The van der Waals surface area contributed by atoms with Crippen LogP contribution in [0.5, 0.6) is 0 Å². The average Bonchev–Trinajstić information content (AvgIpc) is 0. The molecule has 0 saturated carbocycles. The molecule has 0 bridgehead atoms. The summed E-state index contributed by atoms with van der Waals surface area (Å²) in [5.74, 6) is 0. The quantitative estimate of drug-likeness (QED) is 0.529. The van der Waals surface area contributed by atoms with Crippen molar-refractivity contribution < 1.29 is 65.8 Å². The summed E-state index contributed by atoms with van der Waals surface area (Å²) in [7, 11) is 0. The maximum atomic E-state index is 0. The van der Waals surface area contributed by atoms with Gasteiger partial charge < -0.3 is 16.4 Å². The molecule has 0 fully saturated rings. The summed E-state index contributed by atoms with van der Waals surface area (Å²) in [4.78, 5) is 0. The van der Waals surface area contributed by atoms with Gasteiger partial charge in [0, 0.05) is 0 Å². The molecule has 0 unspecified atom stereocenters. The molecule has 0 atom stereocenters. The summed E-state index contributed by atoms with van der Waals surface area (Å²) in [6.45, 7) is 0. The minimum atomic E-state index is 0. The monoisotopic (exact) mass is 204 g/mol. The van der Waals surface area contributed by atoms with Crippen LogP contribution in [0, 0.1) is 49.4 Å². The van der Waals surface area contributed by atoms with Crippen molar-refractivity contribution in [3.05, 3.63) is 0 Å². The van der Waals surface area contributed by atoms with Gasteiger partial charge in [-0.25, -0.2) is 0 Å². The van der Waals surface area contributed by atoms with E-state index >= 15 is 0 Å². The molecule has 0 aromatic rings. The van der Waals surface area contributed by atoms with Gasteiger partial charge in [0.1, 0.15) is 0 Å². The van der Waals surface area contributed by atoms with Crippen molar-refractivity contribution in [2.45, 2.75) is 0 Å². The van der Waals surface area contributed by atoms with Crippen molar-refractivity contribution in [3.8, 4) is 0 Å². The smallest absolute Gasteiger partial charge is 0.870 e. The number of rotatable bonds is 0. The van der Waals surface area contributed by atoms with Crippen molar-refractivity contribution in [1.82, 2.24) is 0 Å². The molecular weight excluding hydrogens is 200 g/mol. The molecule has 29 valence electrons. The zero-order chi connectivity index (χ0) is 0. The van der Waals surface area contributed by atoms with Gasteiger partial charge in [-0.05, 0) is 0 Å². The SMILES string of the molecule is [Eu+2].[OH-].[OH-].[OH-]. The maximum absolute atomic E-state index is 0. The molecule has 4 heteroatoms. The van der Waals surface area contributed by atoms with Crippen LogP contribution in [0.25, 0.3) is 0 Å². The van der Waals surface area contributed by atoms with E-state index in [-0.39, 0.29) is 65.8 Å². The second kappa shape index (κ2) is 25.0. The van der Waals surface area contributed by atoms with Crippen molar-refractivity contribution in [3.63, 3.8) is 0 Å². The first-order chi connectivity index (χ1) is 0. The molecule has 0 aliphatic heterocycles. The van der Waals surface area contributed by atoms with Crippen molar-refractivity contribution in [2.75, 3.05) is 0 Å². The van der Waals surface area contributed by atoms with Gasteiger partial charge in [-0.2, -0.15) is 0 Å². The van der Waals surface area contributed by atoms with Gasteiger partial charge in [-0.3, -0.25) is 0 Å². The number of hydrogen-bond acceptors (Lipinski definition) is 3. The first-order valence-electron chi connectivity index (χ1n) is 0. The third kappa shape index (κ3) is 9.81. The summed E-state index contributed by atoms with van der Waals surface area (Å²) >= 11 is 0. The van der Waals surface area contributed by atoms with Gasteiger partial charge in [0.05, 0.1) is 0 Å². The van der Waals surface area contributed by atoms with Crippen LogP contribution in [0.2, 0.25) is 0 Å². The molecule has 0 aromatic heterocycles. The van der Waals surface area contributed by atoms with E-state index in [4.69, 9.17) is 0 Å². The van der Waals surface area contributed by atoms with E-state index in [0.717, 1.165) is 0 Å². The Hall–Kier alpha value is 1.46. The van der Waals surface area contributed by atoms with Crippen LogP contribution >= 0.6 is 0 Å². The molecule has 3 N–H and O–H groups in total. The predicted molar refractivity (Wildman–Crippen MR) is 5.81 cm³/mol. The fourth-order valence-corrected chi connectivity index (χ4v) is 0. The Morgan fingerprint density at radius 3 is 0.500 bits per heavy atom. The summed E-state index contributed by atoms with van der Waals surface area (Å²) in [6.07, 6.45) is 0. The predicted octanol–water partition coefficient (Wildman–Crippen LogP) is -0.530. The van der Waals surface area contributed by atoms with E-state index in [1.54, 1.807) is 0 Å². The molecule has 0 aliphatic rings. The zero-order valence-corrected chi connectivity index (χ0v) is 4.14. The first kappa shape index (κ1) is 50.8. The van der Waals surface area contributed by atoms with Gasteiger partial charge >= 0.3 is 49.4 Å². The molecule has 3 nitrogen and oxygen atoms in total. The zero-order valence-electron chi connectivity index (χ0n) is 1.72. The minimum absolute atomic E-state index is 0. The van der Waals surface area contributed by atoms with E-state index in [1.807, 2.05) is 0 Å². The van der Waals surface area contributed by atoms with E-state index in [9.17, 15) is 0 Å². The van der Waals surface area contributed by atoms with Crippen molar-refractivity contribution in [2.24, 2.45) is 0 Å². The molecule has 0 aromatic carbocycles. The largest absolute Gasteiger partial charge is 2.00 e. The van der Waals surface area contributed by atoms with E-state index < -0.39 is 0 Å². The molecule has 0 amide bonds. The van der Waals surface area contributed by atoms with Gasteiger partial charge in [0.25, 0.3) is 0 Å². The van der Waals surface area contributed by atoms with Gasteiger partial charge in [0.15, 0.2) is 0 Å². The van der Waals surface area contributed by atoms with Crippen LogP contribution in [-0.4, -0.2) is 16.4 Å². The van der Waals surface area contributed by atoms with E-state index in [2.05, 4.69) is 0 Å². The summed E-state index contributed by atoms with van der Waals surface area (Å²) in [6, 6.07) is 0. The standard InChI is InChI=1S/Eu.3H2O/h;3*1H2/q+2;;;/p-3. The van der Waals surface area contributed by atoms with Crippen molar-refractivity contribution >= 4 is 0 Å². The second-order valence-corrected chi connectivity index (χ2v) is 0. The Labute approximate surface area is 64.9 Å². The van der Waals surface area contributed by atoms with E-state index in [0.29, 0.717) is 0 Å². The van der Waals surface area contributed by atoms with Crippen LogP contribution in [0.3, 0.4) is 0 Å². The Morgan fingerprint density at radius 1 is 0.500 bits per heavy atom. The van der Waals surface area contributed by atoms with Crippen LogP contribution in [0.1, 0.15) is 0 Å². The molecule has 0 aliphatic carbocycles. The third-order valence-electron chi connectivity index (χ3n) is 0. The van der Waals surface area contributed by atoms with Crippen LogP contribution < -0.4 is 0 Å². The van der Waals surface area contributed by atoms with Crippen LogP contribution in [0.4, 0.5) is 0 Å². The first-order valence-corrected chi connectivity index (χ1v) is 0. The van der Waals surface area contributed by atoms with Gasteiger partial charge in [-0.1, -0.05) is 0 Å². The van der Waals surface area contributed by atoms with Crippen molar-refractivity contribution in [1.29, 1.82) is 0 Å². The Bertz CT molecular complexity index is 3.25. The molecule has 0 rings (SSSR count). The second-order valence-electron chi connectivity index (χ2n) is 0. The number of hydrogen-bond donors (Lipinski definition) is 0. The van der Waals surface area contributed by atoms with Crippen LogP contribution in [-0.2, 0) is 0 Å². The molecule has 4 heavy (non-hydrogen) atoms. The Balaban J connectivity index is 0.